The van der Waals surface area contributed by atoms with Crippen LogP contribution in [0.15, 0.2) is 59.5 Å². The Balaban J connectivity index is 1.51. The van der Waals surface area contributed by atoms with Crippen LogP contribution >= 0.6 is 0 Å². The predicted octanol–water partition coefficient (Wildman–Crippen LogP) is 2.96. The van der Waals surface area contributed by atoms with Gasteiger partial charge in [-0.05, 0) is 42.8 Å². The van der Waals surface area contributed by atoms with Crippen molar-refractivity contribution in [3.8, 4) is 11.5 Å². The molecule has 132 valence electrons. The quantitative estimate of drug-likeness (QED) is 0.786. The highest BCUT2D eigenvalue weighted by Gasteiger charge is 2.25. The number of benzene rings is 1. The Bertz CT molecular complexity index is 940. The molecule has 0 aliphatic carbocycles. The first-order chi connectivity index (χ1) is 12.7. The zero-order chi connectivity index (χ0) is 17.9. The van der Waals surface area contributed by atoms with Gasteiger partial charge in [-0.25, -0.2) is 9.37 Å². The van der Waals surface area contributed by atoms with Gasteiger partial charge in [-0.1, -0.05) is 18.2 Å². The molecule has 4 rings (SSSR count). The number of halogens is 1. The molecule has 1 fully saturated rings. The molecule has 3 aromatic rings. The van der Waals surface area contributed by atoms with Crippen LogP contribution in [0.3, 0.4) is 0 Å². The molecule has 3 heterocycles. The second-order valence-corrected chi connectivity index (χ2v) is 6.58. The molecule has 1 N–H and O–H groups in total. The molecular formula is C20H19FN4O. The molecule has 0 radical (unpaired) electrons. The van der Waals surface area contributed by atoms with E-state index in [2.05, 4.69) is 19.9 Å². The molecule has 1 aliphatic rings. The highest BCUT2D eigenvalue weighted by Crippen LogP contribution is 2.27. The molecule has 5 nitrogen and oxygen atoms in total. The Morgan fingerprint density at radius 3 is 2.81 bits per heavy atom. The maximum Gasteiger partial charge on any atom is 0.251 e. The van der Waals surface area contributed by atoms with Crippen LogP contribution in [-0.4, -0.2) is 32.9 Å². The summed E-state index contributed by atoms with van der Waals surface area (Å²) in [6.07, 6.45) is 2.63. The van der Waals surface area contributed by atoms with Crippen molar-refractivity contribution in [3.05, 3.63) is 82.2 Å². The van der Waals surface area contributed by atoms with Crippen molar-refractivity contribution in [3.63, 3.8) is 0 Å². The molecule has 0 unspecified atom stereocenters. The topological polar surface area (TPSA) is 61.9 Å². The summed E-state index contributed by atoms with van der Waals surface area (Å²) >= 11 is 0. The van der Waals surface area contributed by atoms with Crippen LogP contribution in [0.2, 0.25) is 0 Å². The molecule has 0 saturated carbocycles. The van der Waals surface area contributed by atoms with E-state index in [9.17, 15) is 9.18 Å². The van der Waals surface area contributed by atoms with Crippen LogP contribution in [-0.2, 0) is 6.54 Å². The third-order valence-corrected chi connectivity index (χ3v) is 4.68. The maximum atomic E-state index is 13.0. The van der Waals surface area contributed by atoms with Gasteiger partial charge in [0, 0.05) is 31.3 Å². The summed E-state index contributed by atoms with van der Waals surface area (Å²) in [5.74, 6) is 0.494. The first kappa shape index (κ1) is 16.6. The summed E-state index contributed by atoms with van der Waals surface area (Å²) in [7, 11) is 0. The lowest BCUT2D eigenvalue weighted by Gasteiger charge is -2.16. The van der Waals surface area contributed by atoms with Gasteiger partial charge in [-0.3, -0.25) is 14.7 Å². The van der Waals surface area contributed by atoms with E-state index in [4.69, 9.17) is 0 Å². The monoisotopic (exact) mass is 350 g/mol. The number of nitrogens with one attached hydrogen (secondary N) is 1. The van der Waals surface area contributed by atoms with E-state index in [1.54, 1.807) is 12.3 Å². The minimum Gasteiger partial charge on any atom is -0.305 e. The van der Waals surface area contributed by atoms with Crippen molar-refractivity contribution in [1.82, 2.24) is 19.9 Å². The summed E-state index contributed by atoms with van der Waals surface area (Å²) in [5, 5.41) is 0. The van der Waals surface area contributed by atoms with Crippen LogP contribution in [0.5, 0.6) is 0 Å². The highest BCUT2D eigenvalue weighted by atomic mass is 19.1. The van der Waals surface area contributed by atoms with Crippen molar-refractivity contribution in [2.75, 3.05) is 13.1 Å². The fourth-order valence-corrected chi connectivity index (χ4v) is 3.38. The van der Waals surface area contributed by atoms with Crippen LogP contribution in [0.4, 0.5) is 4.39 Å². The van der Waals surface area contributed by atoms with Crippen molar-refractivity contribution in [2.45, 2.75) is 18.9 Å². The molecule has 26 heavy (non-hydrogen) atoms. The molecule has 6 heteroatoms. The van der Waals surface area contributed by atoms with Gasteiger partial charge in [0.1, 0.15) is 11.5 Å². The van der Waals surface area contributed by atoms with Gasteiger partial charge in [-0.2, -0.15) is 0 Å². The Hall–Kier alpha value is -2.86. The van der Waals surface area contributed by atoms with Crippen LogP contribution in [0.1, 0.15) is 23.6 Å². The second-order valence-electron chi connectivity index (χ2n) is 6.58. The summed E-state index contributed by atoms with van der Waals surface area (Å²) in [6.45, 7) is 2.53. The normalized spacial score (nSPS) is 17.5. The Labute approximate surface area is 150 Å². The lowest BCUT2D eigenvalue weighted by atomic mass is 10.0. The molecule has 0 amide bonds. The standard InChI is InChI=1S/C20H19FN4O/c21-16-6-4-14(5-7-16)12-25-10-8-15(13-25)18-11-19(26)24-20(23-18)17-3-1-2-9-22-17/h1-7,9,11,15H,8,10,12-13H2,(H,23,24,26)/t15-/m0/s1. The number of pyridine rings is 1. The molecule has 1 aromatic carbocycles. The summed E-state index contributed by atoms with van der Waals surface area (Å²) in [5.41, 5.74) is 2.39. The van der Waals surface area contributed by atoms with E-state index in [-0.39, 0.29) is 17.3 Å². The Kier molecular flexibility index (Phi) is 4.58. The van der Waals surface area contributed by atoms with Crippen LogP contribution in [0.25, 0.3) is 11.5 Å². The van der Waals surface area contributed by atoms with E-state index in [0.29, 0.717) is 11.5 Å². The maximum absolute atomic E-state index is 13.0. The average Bonchev–Trinajstić information content (AvgIpc) is 3.12. The number of H-pyrrole nitrogens is 1. The van der Waals surface area contributed by atoms with Gasteiger partial charge >= 0.3 is 0 Å². The van der Waals surface area contributed by atoms with Gasteiger partial charge in [0.25, 0.3) is 5.56 Å². The van der Waals surface area contributed by atoms with E-state index in [1.165, 1.54) is 12.1 Å². The first-order valence-electron chi connectivity index (χ1n) is 8.67. The second kappa shape index (κ2) is 7.17. The van der Waals surface area contributed by atoms with E-state index < -0.39 is 0 Å². The molecule has 2 aromatic heterocycles. The van der Waals surface area contributed by atoms with Crippen molar-refractivity contribution >= 4 is 0 Å². The van der Waals surface area contributed by atoms with Gasteiger partial charge in [0.2, 0.25) is 0 Å². The van der Waals surface area contributed by atoms with Crippen molar-refractivity contribution in [1.29, 1.82) is 0 Å². The summed E-state index contributed by atoms with van der Waals surface area (Å²) in [4.78, 5) is 26.1. The SMILES string of the molecule is O=c1cc([C@H]2CCN(Cc3ccc(F)cc3)C2)nc(-c2ccccn2)[nH]1. The third kappa shape index (κ3) is 3.70. The summed E-state index contributed by atoms with van der Waals surface area (Å²) < 4.78 is 13.0. The molecular weight excluding hydrogens is 331 g/mol. The first-order valence-corrected chi connectivity index (χ1v) is 8.67. The largest absolute Gasteiger partial charge is 0.305 e. The fraction of sp³-hybridized carbons (Fsp3) is 0.250. The third-order valence-electron chi connectivity index (χ3n) is 4.68. The zero-order valence-electron chi connectivity index (χ0n) is 14.2. The lowest BCUT2D eigenvalue weighted by molar-refractivity contribution is 0.326. The smallest absolute Gasteiger partial charge is 0.251 e. The Morgan fingerprint density at radius 1 is 1.19 bits per heavy atom. The molecule has 1 atom stereocenters. The fourth-order valence-electron chi connectivity index (χ4n) is 3.38. The van der Waals surface area contributed by atoms with Crippen LogP contribution < -0.4 is 5.56 Å². The number of nitrogens with zero attached hydrogens (tertiary/aromatic N) is 3. The number of hydrogen-bond acceptors (Lipinski definition) is 4. The highest BCUT2D eigenvalue weighted by molar-refractivity contribution is 5.48. The van der Waals surface area contributed by atoms with E-state index in [1.807, 2.05) is 30.3 Å². The Morgan fingerprint density at radius 2 is 2.04 bits per heavy atom. The lowest BCUT2D eigenvalue weighted by Crippen LogP contribution is -2.20. The number of hydrogen-bond donors (Lipinski definition) is 1. The number of rotatable bonds is 4. The van der Waals surface area contributed by atoms with Crippen molar-refractivity contribution in [2.24, 2.45) is 0 Å². The van der Waals surface area contributed by atoms with Gasteiger partial charge in [-0.15, -0.1) is 0 Å². The molecule has 0 spiro atoms. The van der Waals surface area contributed by atoms with E-state index in [0.717, 1.165) is 37.3 Å². The number of aromatic amines is 1. The van der Waals surface area contributed by atoms with Crippen LogP contribution in [0, 0.1) is 5.82 Å². The number of aromatic nitrogens is 3. The van der Waals surface area contributed by atoms with Gasteiger partial charge in [0.15, 0.2) is 5.82 Å². The molecule has 1 saturated heterocycles. The number of likely N-dealkylation sites (tertiary alicyclic amines) is 1. The van der Waals surface area contributed by atoms with Gasteiger partial charge in [0.05, 0.1) is 5.69 Å². The minimum absolute atomic E-state index is 0.160. The summed E-state index contributed by atoms with van der Waals surface area (Å²) in [6, 6.07) is 13.7. The van der Waals surface area contributed by atoms with E-state index >= 15 is 0 Å². The van der Waals surface area contributed by atoms with Crippen molar-refractivity contribution < 1.29 is 4.39 Å². The average molecular weight is 350 g/mol. The minimum atomic E-state index is -0.220. The molecule has 0 bridgehead atoms. The molecule has 1 aliphatic heterocycles. The zero-order valence-corrected chi connectivity index (χ0v) is 14.2. The van der Waals surface area contributed by atoms with Gasteiger partial charge < -0.3 is 4.98 Å². The predicted molar refractivity (Wildman–Crippen MR) is 97.1 cm³/mol.